The summed E-state index contributed by atoms with van der Waals surface area (Å²) >= 11 is 0. The molecule has 5 nitrogen and oxygen atoms in total. The SMILES string of the molecule is COc1ccc(C(O)C(=N)N)cc1OC. The van der Waals surface area contributed by atoms with Gasteiger partial charge in [-0.2, -0.15) is 0 Å². The van der Waals surface area contributed by atoms with Gasteiger partial charge in [0.05, 0.1) is 14.2 Å². The van der Waals surface area contributed by atoms with Crippen LogP contribution in [0.25, 0.3) is 0 Å². The Bertz CT molecular complexity index is 366. The molecular weight excluding hydrogens is 196 g/mol. The van der Waals surface area contributed by atoms with Crippen LogP contribution >= 0.6 is 0 Å². The second-order valence-electron chi connectivity index (χ2n) is 2.97. The number of rotatable bonds is 4. The number of amidine groups is 1. The molecule has 0 heterocycles. The van der Waals surface area contributed by atoms with Crippen molar-refractivity contribution in [2.75, 3.05) is 14.2 Å². The highest BCUT2D eigenvalue weighted by Crippen LogP contribution is 2.29. The Morgan fingerprint density at radius 2 is 1.93 bits per heavy atom. The van der Waals surface area contributed by atoms with E-state index in [4.69, 9.17) is 20.6 Å². The zero-order valence-corrected chi connectivity index (χ0v) is 8.65. The first-order valence-electron chi connectivity index (χ1n) is 4.34. The molecule has 15 heavy (non-hydrogen) atoms. The summed E-state index contributed by atoms with van der Waals surface area (Å²) < 4.78 is 10.1. The molecule has 1 aromatic carbocycles. The molecule has 1 unspecified atom stereocenters. The minimum Gasteiger partial charge on any atom is -0.493 e. The first kappa shape index (κ1) is 11.3. The van der Waals surface area contributed by atoms with Gasteiger partial charge in [-0.1, -0.05) is 6.07 Å². The van der Waals surface area contributed by atoms with Crippen molar-refractivity contribution in [1.82, 2.24) is 0 Å². The predicted molar refractivity (Wildman–Crippen MR) is 56.4 cm³/mol. The maximum Gasteiger partial charge on any atom is 0.161 e. The highest BCUT2D eigenvalue weighted by molar-refractivity contribution is 5.83. The lowest BCUT2D eigenvalue weighted by molar-refractivity contribution is 0.244. The van der Waals surface area contributed by atoms with E-state index in [1.807, 2.05) is 0 Å². The second-order valence-corrected chi connectivity index (χ2v) is 2.97. The Hall–Kier alpha value is -1.75. The lowest BCUT2D eigenvalue weighted by Gasteiger charge is -2.12. The second kappa shape index (κ2) is 4.65. The molecule has 1 rings (SSSR count). The molecule has 1 aromatic rings. The van der Waals surface area contributed by atoms with Gasteiger partial charge in [-0.25, -0.2) is 0 Å². The summed E-state index contributed by atoms with van der Waals surface area (Å²) in [4.78, 5) is 0. The Balaban J connectivity index is 3.07. The van der Waals surface area contributed by atoms with E-state index in [1.54, 1.807) is 18.2 Å². The van der Waals surface area contributed by atoms with Gasteiger partial charge in [-0.15, -0.1) is 0 Å². The molecule has 0 bridgehead atoms. The van der Waals surface area contributed by atoms with Gasteiger partial charge in [0.1, 0.15) is 11.9 Å². The molecule has 0 aliphatic carbocycles. The summed E-state index contributed by atoms with van der Waals surface area (Å²) in [5.74, 6) is 0.759. The molecule has 0 saturated heterocycles. The van der Waals surface area contributed by atoms with Crippen molar-refractivity contribution in [2.45, 2.75) is 6.10 Å². The van der Waals surface area contributed by atoms with Gasteiger partial charge in [-0.05, 0) is 17.7 Å². The van der Waals surface area contributed by atoms with Crippen LogP contribution < -0.4 is 15.2 Å². The first-order valence-corrected chi connectivity index (χ1v) is 4.34. The summed E-state index contributed by atoms with van der Waals surface area (Å²) in [5, 5.41) is 16.7. The van der Waals surface area contributed by atoms with Crippen LogP contribution in [-0.2, 0) is 0 Å². The molecule has 4 N–H and O–H groups in total. The summed E-state index contributed by atoms with van der Waals surface area (Å²) in [5.41, 5.74) is 5.69. The van der Waals surface area contributed by atoms with Gasteiger partial charge in [0, 0.05) is 0 Å². The maximum atomic E-state index is 9.54. The molecule has 0 saturated carbocycles. The minimum absolute atomic E-state index is 0.304. The van der Waals surface area contributed by atoms with Crippen molar-refractivity contribution in [2.24, 2.45) is 5.73 Å². The predicted octanol–water partition coefficient (Wildman–Crippen LogP) is 0.673. The normalized spacial score (nSPS) is 11.9. The van der Waals surface area contributed by atoms with Crippen molar-refractivity contribution < 1.29 is 14.6 Å². The van der Waals surface area contributed by atoms with E-state index >= 15 is 0 Å². The fourth-order valence-corrected chi connectivity index (χ4v) is 1.20. The molecule has 0 spiro atoms. The highest BCUT2D eigenvalue weighted by atomic mass is 16.5. The van der Waals surface area contributed by atoms with Crippen molar-refractivity contribution in [3.63, 3.8) is 0 Å². The van der Waals surface area contributed by atoms with Gasteiger partial charge in [-0.3, -0.25) is 5.41 Å². The Labute approximate surface area is 87.9 Å². The molecule has 0 amide bonds. The summed E-state index contributed by atoms with van der Waals surface area (Å²) in [6, 6.07) is 4.87. The molecule has 82 valence electrons. The smallest absolute Gasteiger partial charge is 0.161 e. The zero-order valence-electron chi connectivity index (χ0n) is 8.65. The minimum atomic E-state index is -1.11. The van der Waals surface area contributed by atoms with Gasteiger partial charge >= 0.3 is 0 Å². The van der Waals surface area contributed by atoms with Crippen LogP contribution in [0.4, 0.5) is 0 Å². The third-order valence-corrected chi connectivity index (χ3v) is 2.02. The van der Waals surface area contributed by atoms with Crippen LogP contribution in [-0.4, -0.2) is 25.2 Å². The van der Waals surface area contributed by atoms with E-state index in [0.29, 0.717) is 17.1 Å². The Morgan fingerprint density at radius 1 is 1.33 bits per heavy atom. The van der Waals surface area contributed by atoms with E-state index in [2.05, 4.69) is 0 Å². The fraction of sp³-hybridized carbons (Fsp3) is 0.300. The number of ether oxygens (including phenoxy) is 2. The highest BCUT2D eigenvalue weighted by Gasteiger charge is 2.13. The number of benzene rings is 1. The van der Waals surface area contributed by atoms with E-state index in [1.165, 1.54) is 14.2 Å². The quantitative estimate of drug-likeness (QED) is 0.503. The van der Waals surface area contributed by atoms with Crippen LogP contribution in [0.2, 0.25) is 0 Å². The monoisotopic (exact) mass is 210 g/mol. The molecule has 0 aliphatic heterocycles. The number of nitrogens with two attached hydrogens (primary N) is 1. The number of nitrogens with one attached hydrogen (secondary N) is 1. The van der Waals surface area contributed by atoms with E-state index in [0.717, 1.165) is 0 Å². The summed E-state index contributed by atoms with van der Waals surface area (Å²) in [6.07, 6.45) is -1.11. The van der Waals surface area contributed by atoms with E-state index < -0.39 is 6.10 Å². The number of hydrogen-bond donors (Lipinski definition) is 3. The topological polar surface area (TPSA) is 88.6 Å². The molecule has 0 fully saturated rings. The van der Waals surface area contributed by atoms with Gasteiger partial charge in [0.15, 0.2) is 11.5 Å². The Morgan fingerprint density at radius 3 is 2.40 bits per heavy atom. The Kier molecular flexibility index (Phi) is 3.51. The van der Waals surface area contributed by atoms with Crippen LogP contribution in [0.15, 0.2) is 18.2 Å². The number of hydrogen-bond acceptors (Lipinski definition) is 4. The van der Waals surface area contributed by atoms with Crippen LogP contribution in [0.1, 0.15) is 11.7 Å². The molecular formula is C10H14N2O3. The van der Waals surface area contributed by atoms with Crippen molar-refractivity contribution >= 4 is 5.84 Å². The number of methoxy groups -OCH3 is 2. The third kappa shape index (κ3) is 2.38. The number of aliphatic hydroxyl groups is 1. The standard InChI is InChI=1S/C10H14N2O3/c1-14-7-4-3-6(5-8(7)15-2)9(13)10(11)12/h3-5,9,13H,1-2H3,(H3,11,12). The van der Waals surface area contributed by atoms with Crippen molar-refractivity contribution in [3.05, 3.63) is 23.8 Å². The average molecular weight is 210 g/mol. The summed E-state index contributed by atoms with van der Waals surface area (Å²) in [7, 11) is 3.03. The third-order valence-electron chi connectivity index (χ3n) is 2.02. The maximum absolute atomic E-state index is 9.54. The first-order chi connectivity index (χ1) is 7.10. The lowest BCUT2D eigenvalue weighted by atomic mass is 10.1. The van der Waals surface area contributed by atoms with Crippen LogP contribution in [0.5, 0.6) is 11.5 Å². The zero-order chi connectivity index (χ0) is 11.4. The fourth-order valence-electron chi connectivity index (χ4n) is 1.20. The average Bonchev–Trinajstić information content (AvgIpc) is 2.26. The number of aliphatic hydroxyl groups excluding tert-OH is 1. The van der Waals surface area contributed by atoms with Crippen molar-refractivity contribution in [3.8, 4) is 11.5 Å². The van der Waals surface area contributed by atoms with E-state index in [-0.39, 0.29) is 5.84 Å². The largest absolute Gasteiger partial charge is 0.493 e. The van der Waals surface area contributed by atoms with E-state index in [9.17, 15) is 5.11 Å². The van der Waals surface area contributed by atoms with Gasteiger partial charge < -0.3 is 20.3 Å². The van der Waals surface area contributed by atoms with Crippen LogP contribution in [0, 0.1) is 5.41 Å². The van der Waals surface area contributed by atoms with Gasteiger partial charge in [0.2, 0.25) is 0 Å². The van der Waals surface area contributed by atoms with Gasteiger partial charge in [0.25, 0.3) is 0 Å². The van der Waals surface area contributed by atoms with Crippen LogP contribution in [0.3, 0.4) is 0 Å². The lowest BCUT2D eigenvalue weighted by Crippen LogP contribution is -2.20. The molecule has 5 heteroatoms. The molecule has 0 aromatic heterocycles. The molecule has 0 aliphatic rings. The van der Waals surface area contributed by atoms with Crippen molar-refractivity contribution in [1.29, 1.82) is 5.41 Å². The molecule has 0 radical (unpaired) electrons. The molecule has 1 atom stereocenters. The summed E-state index contributed by atoms with van der Waals surface area (Å²) in [6.45, 7) is 0.